The van der Waals surface area contributed by atoms with Crippen molar-refractivity contribution in [1.29, 1.82) is 0 Å². The van der Waals surface area contributed by atoms with Crippen molar-refractivity contribution >= 4 is 5.97 Å². The van der Waals surface area contributed by atoms with Gasteiger partial charge in [0.1, 0.15) is 0 Å². The van der Waals surface area contributed by atoms with Crippen LogP contribution in [-0.4, -0.2) is 33.4 Å². The number of hydrogen-bond acceptors (Lipinski definition) is 3. The summed E-state index contributed by atoms with van der Waals surface area (Å²) < 4.78 is 1.80. The van der Waals surface area contributed by atoms with E-state index in [2.05, 4.69) is 10.4 Å². The molecule has 0 radical (unpaired) electrons. The summed E-state index contributed by atoms with van der Waals surface area (Å²) in [4.78, 5) is 11.0. The summed E-state index contributed by atoms with van der Waals surface area (Å²) >= 11 is 0. The number of hydrogen-bond donors (Lipinski definition) is 2. The van der Waals surface area contributed by atoms with Crippen LogP contribution in [0.4, 0.5) is 0 Å². The third kappa shape index (κ3) is 3.57. The Balaban J connectivity index is 1.71. The second kappa shape index (κ2) is 6.00. The van der Waals surface area contributed by atoms with Crippen molar-refractivity contribution in [2.24, 2.45) is 13.0 Å². The van der Waals surface area contributed by atoms with Gasteiger partial charge in [0.2, 0.25) is 0 Å². The number of aromatic nitrogens is 2. The first-order valence-corrected chi connectivity index (χ1v) is 6.59. The van der Waals surface area contributed by atoms with Crippen molar-refractivity contribution in [2.75, 3.05) is 6.54 Å². The number of nitrogens with zero attached hydrogens (tertiary/aromatic N) is 2. The average Bonchev–Trinajstić information content (AvgIpc) is 2.75. The minimum absolute atomic E-state index is 0.158. The maximum atomic E-state index is 11.0. The van der Waals surface area contributed by atoms with Gasteiger partial charge < -0.3 is 10.4 Å². The highest BCUT2D eigenvalue weighted by atomic mass is 16.4. The zero-order valence-electron chi connectivity index (χ0n) is 10.8. The van der Waals surface area contributed by atoms with Crippen LogP contribution >= 0.6 is 0 Å². The molecule has 0 aliphatic heterocycles. The SMILES string of the molecule is Cn1cc(CCNC2CCCC(C(=O)O)C2)cn1. The normalized spacial score (nSPS) is 24.1. The zero-order chi connectivity index (χ0) is 13.0. The van der Waals surface area contributed by atoms with Crippen molar-refractivity contribution in [1.82, 2.24) is 15.1 Å². The Kier molecular flexibility index (Phi) is 4.36. The molecule has 2 N–H and O–H groups in total. The molecule has 18 heavy (non-hydrogen) atoms. The van der Waals surface area contributed by atoms with Gasteiger partial charge in [0.05, 0.1) is 12.1 Å². The van der Waals surface area contributed by atoms with Gasteiger partial charge in [-0.3, -0.25) is 9.48 Å². The van der Waals surface area contributed by atoms with Gasteiger partial charge in [-0.05, 0) is 37.8 Å². The van der Waals surface area contributed by atoms with E-state index in [4.69, 9.17) is 5.11 Å². The lowest BCUT2D eigenvalue weighted by atomic mass is 9.86. The Hall–Kier alpha value is -1.36. The van der Waals surface area contributed by atoms with Crippen molar-refractivity contribution in [3.63, 3.8) is 0 Å². The summed E-state index contributed by atoms with van der Waals surface area (Å²) in [7, 11) is 1.91. The summed E-state index contributed by atoms with van der Waals surface area (Å²) in [5.74, 6) is -0.802. The van der Waals surface area contributed by atoms with Crippen LogP contribution in [0.2, 0.25) is 0 Å². The summed E-state index contributed by atoms with van der Waals surface area (Å²) in [5.41, 5.74) is 1.22. The summed E-state index contributed by atoms with van der Waals surface area (Å²) in [5, 5.41) is 16.6. The summed E-state index contributed by atoms with van der Waals surface area (Å²) in [6, 6.07) is 0.358. The van der Waals surface area contributed by atoms with Crippen LogP contribution in [0.3, 0.4) is 0 Å². The Bertz CT molecular complexity index is 403. The Labute approximate surface area is 107 Å². The predicted octanol–water partition coefficient (Wildman–Crippen LogP) is 1.20. The van der Waals surface area contributed by atoms with E-state index in [0.717, 1.165) is 38.6 Å². The molecule has 0 bridgehead atoms. The van der Waals surface area contributed by atoms with Crippen molar-refractivity contribution in [3.05, 3.63) is 18.0 Å². The molecule has 0 aromatic carbocycles. The van der Waals surface area contributed by atoms with Crippen LogP contribution in [0.5, 0.6) is 0 Å². The standard InChI is InChI=1S/C13H21N3O2/c1-16-9-10(8-15-16)5-6-14-12-4-2-3-11(7-12)13(17)18/h8-9,11-12,14H,2-7H2,1H3,(H,17,18). The maximum absolute atomic E-state index is 11.0. The molecular weight excluding hydrogens is 230 g/mol. The number of nitrogens with one attached hydrogen (secondary N) is 1. The van der Waals surface area contributed by atoms with E-state index in [1.165, 1.54) is 5.56 Å². The molecule has 2 unspecified atom stereocenters. The van der Waals surface area contributed by atoms with Gasteiger partial charge in [-0.2, -0.15) is 5.10 Å². The van der Waals surface area contributed by atoms with Gasteiger partial charge >= 0.3 is 5.97 Å². The zero-order valence-corrected chi connectivity index (χ0v) is 10.8. The van der Waals surface area contributed by atoms with Gasteiger partial charge in [-0.15, -0.1) is 0 Å². The first kappa shape index (κ1) is 13.1. The first-order valence-electron chi connectivity index (χ1n) is 6.59. The quantitative estimate of drug-likeness (QED) is 0.825. The third-order valence-corrected chi connectivity index (χ3v) is 3.63. The Morgan fingerprint density at radius 3 is 3.11 bits per heavy atom. The molecule has 1 fully saturated rings. The molecule has 1 aliphatic carbocycles. The number of aliphatic carboxylic acids is 1. The van der Waals surface area contributed by atoms with Crippen LogP contribution in [0.15, 0.2) is 12.4 Å². The van der Waals surface area contributed by atoms with E-state index in [0.29, 0.717) is 6.04 Å². The van der Waals surface area contributed by atoms with Gasteiger partial charge in [-0.25, -0.2) is 0 Å². The predicted molar refractivity (Wildman–Crippen MR) is 68.3 cm³/mol. The largest absolute Gasteiger partial charge is 0.481 e. The molecule has 0 amide bonds. The van der Waals surface area contributed by atoms with Crippen LogP contribution in [-0.2, 0) is 18.3 Å². The minimum Gasteiger partial charge on any atom is -0.481 e. The monoisotopic (exact) mass is 251 g/mol. The summed E-state index contributed by atoms with van der Waals surface area (Å²) in [6.07, 6.45) is 8.55. The lowest BCUT2D eigenvalue weighted by Gasteiger charge is -2.27. The van der Waals surface area contributed by atoms with E-state index in [-0.39, 0.29) is 5.92 Å². The van der Waals surface area contributed by atoms with E-state index in [1.54, 1.807) is 4.68 Å². The van der Waals surface area contributed by atoms with E-state index < -0.39 is 5.97 Å². The molecule has 0 saturated heterocycles. The molecule has 2 rings (SSSR count). The molecule has 100 valence electrons. The fraction of sp³-hybridized carbons (Fsp3) is 0.692. The molecule has 5 nitrogen and oxygen atoms in total. The average molecular weight is 251 g/mol. The molecular formula is C13H21N3O2. The number of rotatable bonds is 5. The highest BCUT2D eigenvalue weighted by Crippen LogP contribution is 2.24. The van der Waals surface area contributed by atoms with E-state index in [1.807, 2.05) is 19.4 Å². The number of carboxylic acids is 1. The number of carboxylic acid groups (broad SMARTS) is 1. The van der Waals surface area contributed by atoms with E-state index >= 15 is 0 Å². The van der Waals surface area contributed by atoms with E-state index in [9.17, 15) is 4.79 Å². The fourth-order valence-corrected chi connectivity index (χ4v) is 2.62. The number of carbonyl (C=O) groups is 1. The molecule has 1 aliphatic rings. The number of aryl methyl sites for hydroxylation is 1. The van der Waals surface area contributed by atoms with Gasteiger partial charge in [0, 0.05) is 19.3 Å². The topological polar surface area (TPSA) is 67.2 Å². The second-order valence-electron chi connectivity index (χ2n) is 5.13. The maximum Gasteiger partial charge on any atom is 0.306 e. The lowest BCUT2D eigenvalue weighted by Crippen LogP contribution is -2.37. The van der Waals surface area contributed by atoms with Crippen molar-refractivity contribution < 1.29 is 9.90 Å². The van der Waals surface area contributed by atoms with Crippen molar-refractivity contribution in [3.8, 4) is 0 Å². The Morgan fingerprint density at radius 1 is 1.61 bits per heavy atom. The summed E-state index contributed by atoms with van der Waals surface area (Å²) in [6.45, 7) is 0.892. The van der Waals surface area contributed by atoms with Crippen molar-refractivity contribution in [2.45, 2.75) is 38.1 Å². The highest BCUT2D eigenvalue weighted by Gasteiger charge is 2.26. The molecule has 1 saturated carbocycles. The van der Waals surface area contributed by atoms with Gasteiger partial charge in [0.25, 0.3) is 0 Å². The molecule has 5 heteroatoms. The van der Waals surface area contributed by atoms with Crippen LogP contribution in [0.25, 0.3) is 0 Å². The molecule has 1 heterocycles. The molecule has 1 aromatic heterocycles. The lowest BCUT2D eigenvalue weighted by molar-refractivity contribution is -0.143. The third-order valence-electron chi connectivity index (χ3n) is 3.63. The molecule has 0 spiro atoms. The first-order chi connectivity index (χ1) is 8.65. The van der Waals surface area contributed by atoms with Gasteiger partial charge in [0.15, 0.2) is 0 Å². The second-order valence-corrected chi connectivity index (χ2v) is 5.13. The van der Waals surface area contributed by atoms with Crippen LogP contribution < -0.4 is 5.32 Å². The highest BCUT2D eigenvalue weighted by molar-refractivity contribution is 5.70. The molecule has 1 aromatic rings. The Morgan fingerprint density at radius 2 is 2.44 bits per heavy atom. The smallest absolute Gasteiger partial charge is 0.306 e. The fourth-order valence-electron chi connectivity index (χ4n) is 2.62. The van der Waals surface area contributed by atoms with Crippen LogP contribution in [0.1, 0.15) is 31.2 Å². The van der Waals surface area contributed by atoms with Crippen LogP contribution in [0, 0.1) is 5.92 Å². The molecule has 2 atom stereocenters. The minimum atomic E-state index is -0.645. The van der Waals surface area contributed by atoms with Gasteiger partial charge in [-0.1, -0.05) is 6.42 Å².